The fourth-order valence-corrected chi connectivity index (χ4v) is 3.68. The molecule has 1 heterocycles. The molecule has 0 saturated carbocycles. The van der Waals surface area contributed by atoms with Crippen LogP contribution in [0.4, 0.5) is 5.13 Å². The normalized spacial score (nSPS) is 10.9. The van der Waals surface area contributed by atoms with E-state index in [1.54, 1.807) is 18.2 Å². The van der Waals surface area contributed by atoms with Crippen LogP contribution in [0, 0.1) is 0 Å². The van der Waals surface area contributed by atoms with Crippen molar-refractivity contribution in [1.82, 2.24) is 10.3 Å². The predicted molar refractivity (Wildman–Crippen MR) is 109 cm³/mol. The fourth-order valence-electron chi connectivity index (χ4n) is 2.27. The standard InChI is InChI=1S/C18H16ClN3OS2/c1-10(2)11-3-5-12(6-4-11)16(23)21-17(24)22-18-20-14-8-7-13(19)9-15(14)25-18/h3-10H,1-2H3,(H2,20,21,22,23,24). The van der Waals surface area contributed by atoms with Gasteiger partial charge < -0.3 is 5.32 Å². The summed E-state index contributed by atoms with van der Waals surface area (Å²) in [7, 11) is 0. The van der Waals surface area contributed by atoms with Crippen LogP contribution in [0.3, 0.4) is 0 Å². The number of hydrogen-bond donors (Lipinski definition) is 2. The number of hydrogen-bond acceptors (Lipinski definition) is 4. The van der Waals surface area contributed by atoms with Crippen molar-refractivity contribution in [2.24, 2.45) is 0 Å². The van der Waals surface area contributed by atoms with Crippen LogP contribution in [0.15, 0.2) is 42.5 Å². The maximum atomic E-state index is 12.3. The van der Waals surface area contributed by atoms with E-state index in [2.05, 4.69) is 29.5 Å². The number of nitrogens with one attached hydrogen (secondary N) is 2. The van der Waals surface area contributed by atoms with E-state index in [0.29, 0.717) is 21.6 Å². The summed E-state index contributed by atoms with van der Waals surface area (Å²) in [6, 6.07) is 13.0. The van der Waals surface area contributed by atoms with Gasteiger partial charge in [-0.15, -0.1) is 0 Å². The van der Waals surface area contributed by atoms with Crippen LogP contribution in [0.25, 0.3) is 10.2 Å². The van der Waals surface area contributed by atoms with Crippen LogP contribution < -0.4 is 10.6 Å². The Morgan fingerprint density at radius 1 is 1.20 bits per heavy atom. The molecule has 4 nitrogen and oxygen atoms in total. The predicted octanol–water partition coefficient (Wildman–Crippen LogP) is 5.20. The molecule has 0 saturated heterocycles. The molecule has 0 unspecified atom stereocenters. The van der Waals surface area contributed by atoms with Gasteiger partial charge in [-0.05, 0) is 54.0 Å². The van der Waals surface area contributed by atoms with E-state index in [1.165, 1.54) is 16.9 Å². The van der Waals surface area contributed by atoms with Gasteiger partial charge in [-0.1, -0.05) is 48.9 Å². The molecule has 2 N–H and O–H groups in total. The molecular weight excluding hydrogens is 374 g/mol. The lowest BCUT2D eigenvalue weighted by Crippen LogP contribution is -2.34. The zero-order valence-electron chi connectivity index (χ0n) is 13.7. The molecule has 0 aliphatic carbocycles. The van der Waals surface area contributed by atoms with Gasteiger partial charge in [-0.3, -0.25) is 10.1 Å². The van der Waals surface area contributed by atoms with E-state index in [0.717, 1.165) is 10.2 Å². The molecule has 0 radical (unpaired) electrons. The second-order valence-electron chi connectivity index (χ2n) is 5.82. The first-order chi connectivity index (χ1) is 11.9. The molecule has 3 aromatic rings. The number of benzene rings is 2. The van der Waals surface area contributed by atoms with Crippen LogP contribution in [-0.2, 0) is 0 Å². The summed E-state index contributed by atoms with van der Waals surface area (Å²) in [5.41, 5.74) is 2.57. The number of thiazole rings is 1. The SMILES string of the molecule is CC(C)c1ccc(C(=O)NC(=S)Nc2nc3ccc(Cl)cc3s2)cc1. The second kappa shape index (κ2) is 7.47. The molecule has 1 amide bonds. The van der Waals surface area contributed by atoms with Crippen LogP contribution in [-0.4, -0.2) is 16.0 Å². The van der Waals surface area contributed by atoms with Gasteiger partial charge >= 0.3 is 0 Å². The van der Waals surface area contributed by atoms with Gasteiger partial charge in [0.05, 0.1) is 10.2 Å². The van der Waals surface area contributed by atoms with Gasteiger partial charge in [0.15, 0.2) is 10.2 Å². The van der Waals surface area contributed by atoms with Crippen LogP contribution >= 0.6 is 35.2 Å². The number of carbonyl (C=O) groups is 1. The highest BCUT2D eigenvalue weighted by Crippen LogP contribution is 2.28. The third-order valence-corrected chi connectivity index (χ3v) is 5.01. The lowest BCUT2D eigenvalue weighted by Gasteiger charge is -2.09. The van der Waals surface area contributed by atoms with E-state index in [4.69, 9.17) is 23.8 Å². The Morgan fingerprint density at radius 2 is 1.92 bits per heavy atom. The Kier molecular flexibility index (Phi) is 5.32. The summed E-state index contributed by atoms with van der Waals surface area (Å²) in [5.74, 6) is 0.171. The molecule has 3 rings (SSSR count). The Morgan fingerprint density at radius 3 is 2.60 bits per heavy atom. The molecule has 7 heteroatoms. The van der Waals surface area contributed by atoms with Crippen LogP contribution in [0.2, 0.25) is 5.02 Å². The second-order valence-corrected chi connectivity index (χ2v) is 7.69. The molecule has 1 aromatic heterocycles. The highest BCUT2D eigenvalue weighted by molar-refractivity contribution is 7.80. The summed E-state index contributed by atoms with van der Waals surface area (Å²) in [6.45, 7) is 4.22. The smallest absolute Gasteiger partial charge is 0.257 e. The molecule has 0 atom stereocenters. The van der Waals surface area contributed by atoms with Crippen molar-refractivity contribution in [3.05, 3.63) is 58.6 Å². The minimum atomic E-state index is -0.253. The summed E-state index contributed by atoms with van der Waals surface area (Å²) in [4.78, 5) is 16.7. The first kappa shape index (κ1) is 17.8. The monoisotopic (exact) mass is 389 g/mol. The molecular formula is C18H16ClN3OS2. The Labute approximate surface area is 160 Å². The van der Waals surface area contributed by atoms with E-state index >= 15 is 0 Å². The fraction of sp³-hybridized carbons (Fsp3) is 0.167. The van der Waals surface area contributed by atoms with E-state index in [-0.39, 0.29) is 11.0 Å². The summed E-state index contributed by atoms with van der Waals surface area (Å²) in [5, 5.41) is 7.09. The van der Waals surface area contributed by atoms with Crippen molar-refractivity contribution < 1.29 is 4.79 Å². The number of amides is 1. The zero-order valence-corrected chi connectivity index (χ0v) is 16.1. The summed E-state index contributed by atoms with van der Waals surface area (Å²) >= 11 is 12.6. The first-order valence-corrected chi connectivity index (χ1v) is 9.31. The maximum absolute atomic E-state index is 12.3. The van der Waals surface area contributed by atoms with Gasteiger partial charge in [-0.25, -0.2) is 4.98 Å². The average Bonchev–Trinajstić information content (AvgIpc) is 2.95. The van der Waals surface area contributed by atoms with Gasteiger partial charge in [-0.2, -0.15) is 0 Å². The maximum Gasteiger partial charge on any atom is 0.257 e. The number of rotatable bonds is 3. The lowest BCUT2D eigenvalue weighted by atomic mass is 10.0. The van der Waals surface area contributed by atoms with Gasteiger partial charge in [0.25, 0.3) is 5.91 Å². The van der Waals surface area contributed by atoms with Crippen molar-refractivity contribution in [2.45, 2.75) is 19.8 Å². The third kappa shape index (κ3) is 4.34. The van der Waals surface area contributed by atoms with Crippen molar-refractivity contribution >= 4 is 61.5 Å². The highest BCUT2D eigenvalue weighted by atomic mass is 35.5. The summed E-state index contributed by atoms with van der Waals surface area (Å²) < 4.78 is 0.952. The molecule has 2 aromatic carbocycles. The minimum absolute atomic E-state index is 0.211. The number of aromatic nitrogens is 1. The number of fused-ring (bicyclic) bond motifs is 1. The number of anilines is 1. The largest absolute Gasteiger partial charge is 0.308 e. The van der Waals surface area contributed by atoms with E-state index in [9.17, 15) is 4.79 Å². The average molecular weight is 390 g/mol. The van der Waals surface area contributed by atoms with E-state index in [1.807, 2.05) is 24.3 Å². The first-order valence-electron chi connectivity index (χ1n) is 7.71. The number of halogens is 1. The topological polar surface area (TPSA) is 54.0 Å². The molecule has 128 valence electrons. The van der Waals surface area contributed by atoms with Crippen molar-refractivity contribution in [1.29, 1.82) is 0 Å². The minimum Gasteiger partial charge on any atom is -0.308 e. The number of nitrogens with zero attached hydrogens (tertiary/aromatic N) is 1. The molecule has 0 aliphatic heterocycles. The molecule has 0 spiro atoms. The molecule has 0 bridgehead atoms. The third-order valence-electron chi connectivity index (χ3n) is 3.64. The zero-order chi connectivity index (χ0) is 18.0. The Hall–Kier alpha value is -2.02. The Balaban J connectivity index is 1.65. The van der Waals surface area contributed by atoms with Crippen LogP contribution in [0.1, 0.15) is 35.7 Å². The Bertz CT molecular complexity index is 935. The van der Waals surface area contributed by atoms with Gasteiger partial charge in [0.1, 0.15) is 0 Å². The van der Waals surface area contributed by atoms with Gasteiger partial charge in [0.2, 0.25) is 0 Å². The van der Waals surface area contributed by atoms with Crippen molar-refractivity contribution in [3.8, 4) is 0 Å². The van der Waals surface area contributed by atoms with Crippen molar-refractivity contribution in [3.63, 3.8) is 0 Å². The van der Waals surface area contributed by atoms with E-state index < -0.39 is 0 Å². The molecule has 0 aliphatic rings. The van der Waals surface area contributed by atoms with Crippen molar-refractivity contribution in [2.75, 3.05) is 5.32 Å². The molecule has 25 heavy (non-hydrogen) atoms. The highest BCUT2D eigenvalue weighted by Gasteiger charge is 2.11. The lowest BCUT2D eigenvalue weighted by molar-refractivity contribution is 0.0977. The van der Waals surface area contributed by atoms with Crippen LogP contribution in [0.5, 0.6) is 0 Å². The number of carbonyl (C=O) groups excluding carboxylic acids is 1. The quantitative estimate of drug-likeness (QED) is 0.604. The van der Waals surface area contributed by atoms with Gasteiger partial charge in [0, 0.05) is 10.6 Å². The number of thiocarbonyl (C=S) groups is 1. The molecule has 0 fully saturated rings. The summed E-state index contributed by atoms with van der Waals surface area (Å²) in [6.07, 6.45) is 0.